The Labute approximate surface area is 72.4 Å². The zero-order valence-corrected chi connectivity index (χ0v) is 6.98. The largest absolute Gasteiger partial charge is 0.434 e. The second kappa shape index (κ2) is 2.76. The summed E-state index contributed by atoms with van der Waals surface area (Å²) in [5, 5.41) is 12.0. The van der Waals surface area contributed by atoms with Gasteiger partial charge in [0.2, 0.25) is 0 Å². The molecular formula is C7H6F3N3. The van der Waals surface area contributed by atoms with Crippen LogP contribution in [-0.4, -0.2) is 9.78 Å². The molecule has 0 aliphatic heterocycles. The van der Waals surface area contributed by atoms with Gasteiger partial charge in [-0.05, 0) is 6.92 Å². The molecule has 0 amide bonds. The Balaban J connectivity index is 3.45. The van der Waals surface area contributed by atoms with Crippen molar-refractivity contribution >= 4 is 0 Å². The van der Waals surface area contributed by atoms with Crippen LogP contribution in [0.4, 0.5) is 13.2 Å². The predicted molar refractivity (Wildman–Crippen MR) is 37.7 cm³/mol. The number of nitriles is 1. The molecule has 0 fully saturated rings. The average molecular weight is 189 g/mol. The Morgan fingerprint density at radius 2 is 2.00 bits per heavy atom. The van der Waals surface area contributed by atoms with Crippen LogP contribution < -0.4 is 0 Å². The summed E-state index contributed by atoms with van der Waals surface area (Å²) in [7, 11) is 1.16. The summed E-state index contributed by atoms with van der Waals surface area (Å²) in [6.07, 6.45) is -4.53. The molecular weight excluding hydrogens is 183 g/mol. The molecule has 0 aliphatic rings. The minimum atomic E-state index is -4.53. The number of halogens is 3. The van der Waals surface area contributed by atoms with Crippen molar-refractivity contribution in [1.29, 1.82) is 5.26 Å². The molecule has 1 rings (SSSR count). The summed E-state index contributed by atoms with van der Waals surface area (Å²) in [6.45, 7) is 1.37. The topological polar surface area (TPSA) is 41.6 Å². The molecule has 0 N–H and O–H groups in total. The van der Waals surface area contributed by atoms with E-state index in [1.165, 1.54) is 13.0 Å². The van der Waals surface area contributed by atoms with E-state index in [0.717, 1.165) is 7.05 Å². The van der Waals surface area contributed by atoms with Gasteiger partial charge in [-0.25, -0.2) is 0 Å². The normalized spacial score (nSPS) is 11.4. The third kappa shape index (κ3) is 1.49. The lowest BCUT2D eigenvalue weighted by Gasteiger charge is -2.05. The average Bonchev–Trinajstić information content (AvgIpc) is 2.23. The highest BCUT2D eigenvalue weighted by Crippen LogP contribution is 2.32. The Morgan fingerprint density at radius 1 is 1.46 bits per heavy atom. The molecule has 0 atom stereocenters. The standard InChI is InChI=1S/C7H6F3N3/c1-4-5(3-11)6(7(8,9)10)13(2)12-4/h1-2H3. The first-order valence-electron chi connectivity index (χ1n) is 3.38. The number of rotatable bonds is 0. The summed E-state index contributed by atoms with van der Waals surface area (Å²) in [6, 6.07) is 1.49. The third-order valence-corrected chi connectivity index (χ3v) is 1.60. The second-order valence-electron chi connectivity index (χ2n) is 2.54. The van der Waals surface area contributed by atoms with Gasteiger partial charge in [0.15, 0.2) is 5.69 Å². The molecule has 1 heterocycles. The Hall–Kier alpha value is -1.51. The van der Waals surface area contributed by atoms with Crippen LogP contribution in [0, 0.1) is 18.3 Å². The van der Waals surface area contributed by atoms with Crippen molar-refractivity contribution in [3.05, 3.63) is 17.0 Å². The molecule has 6 heteroatoms. The first kappa shape index (κ1) is 9.58. The van der Waals surface area contributed by atoms with Crippen LogP contribution in [0.25, 0.3) is 0 Å². The maximum absolute atomic E-state index is 12.3. The van der Waals surface area contributed by atoms with Gasteiger partial charge in [0.25, 0.3) is 0 Å². The molecule has 70 valence electrons. The Bertz CT molecular complexity index is 370. The molecule has 1 aromatic heterocycles. The van der Waals surface area contributed by atoms with Crippen molar-refractivity contribution in [2.75, 3.05) is 0 Å². The summed E-state index contributed by atoms with van der Waals surface area (Å²) >= 11 is 0. The van der Waals surface area contributed by atoms with E-state index in [2.05, 4.69) is 5.10 Å². The fourth-order valence-corrected chi connectivity index (χ4v) is 1.12. The summed E-state index contributed by atoms with van der Waals surface area (Å²) in [5.41, 5.74) is -1.31. The summed E-state index contributed by atoms with van der Waals surface area (Å²) < 4.78 is 37.6. The van der Waals surface area contributed by atoms with Crippen LogP contribution in [0.1, 0.15) is 17.0 Å². The number of nitrogens with zero attached hydrogens (tertiary/aromatic N) is 3. The van der Waals surface area contributed by atoms with Crippen LogP contribution >= 0.6 is 0 Å². The number of alkyl halides is 3. The maximum Gasteiger partial charge on any atom is 0.434 e. The van der Waals surface area contributed by atoms with Crippen molar-refractivity contribution in [1.82, 2.24) is 9.78 Å². The SMILES string of the molecule is Cc1nn(C)c(C(F)(F)F)c1C#N. The third-order valence-electron chi connectivity index (χ3n) is 1.60. The van der Waals surface area contributed by atoms with Gasteiger partial charge in [-0.1, -0.05) is 0 Å². The van der Waals surface area contributed by atoms with Gasteiger partial charge >= 0.3 is 6.18 Å². The lowest BCUT2D eigenvalue weighted by Crippen LogP contribution is -2.13. The number of hydrogen-bond donors (Lipinski definition) is 0. The monoisotopic (exact) mass is 189 g/mol. The van der Waals surface area contributed by atoms with E-state index in [-0.39, 0.29) is 5.69 Å². The molecule has 1 aromatic rings. The lowest BCUT2D eigenvalue weighted by atomic mass is 10.2. The zero-order valence-electron chi connectivity index (χ0n) is 6.98. The highest BCUT2D eigenvalue weighted by Gasteiger charge is 2.38. The van der Waals surface area contributed by atoms with Crippen LogP contribution in [0.3, 0.4) is 0 Å². The van der Waals surface area contributed by atoms with Crippen molar-refractivity contribution in [2.45, 2.75) is 13.1 Å². The van der Waals surface area contributed by atoms with E-state index in [9.17, 15) is 13.2 Å². The number of aromatic nitrogens is 2. The van der Waals surface area contributed by atoms with Crippen molar-refractivity contribution in [3.8, 4) is 6.07 Å². The van der Waals surface area contributed by atoms with Crippen molar-refractivity contribution in [3.63, 3.8) is 0 Å². The summed E-state index contributed by atoms with van der Waals surface area (Å²) in [4.78, 5) is 0. The van der Waals surface area contributed by atoms with Gasteiger partial charge in [-0.2, -0.15) is 23.5 Å². The lowest BCUT2D eigenvalue weighted by molar-refractivity contribution is -0.143. The number of hydrogen-bond acceptors (Lipinski definition) is 2. The Morgan fingerprint density at radius 3 is 2.31 bits per heavy atom. The minimum Gasteiger partial charge on any atom is -0.262 e. The first-order valence-corrected chi connectivity index (χ1v) is 3.38. The van der Waals surface area contributed by atoms with E-state index in [1.54, 1.807) is 0 Å². The maximum atomic E-state index is 12.3. The molecule has 0 spiro atoms. The highest BCUT2D eigenvalue weighted by atomic mass is 19.4. The van der Waals surface area contributed by atoms with Gasteiger partial charge in [0.05, 0.1) is 5.69 Å². The number of aryl methyl sites for hydroxylation is 2. The molecule has 0 unspecified atom stereocenters. The van der Waals surface area contributed by atoms with Gasteiger partial charge in [0.1, 0.15) is 11.6 Å². The molecule has 0 radical (unpaired) electrons. The summed E-state index contributed by atoms with van der Waals surface area (Å²) in [5.74, 6) is 0. The Kier molecular flexibility index (Phi) is 2.04. The smallest absolute Gasteiger partial charge is 0.262 e. The molecule has 0 saturated carbocycles. The molecule has 13 heavy (non-hydrogen) atoms. The van der Waals surface area contributed by atoms with Crippen LogP contribution in [0.15, 0.2) is 0 Å². The van der Waals surface area contributed by atoms with Crippen LogP contribution in [-0.2, 0) is 13.2 Å². The van der Waals surface area contributed by atoms with Crippen molar-refractivity contribution < 1.29 is 13.2 Å². The van der Waals surface area contributed by atoms with Gasteiger partial charge in [-0.3, -0.25) is 4.68 Å². The molecule has 0 bridgehead atoms. The van der Waals surface area contributed by atoms with Gasteiger partial charge in [0, 0.05) is 7.05 Å². The first-order chi connectivity index (χ1) is 5.88. The van der Waals surface area contributed by atoms with Crippen LogP contribution in [0.2, 0.25) is 0 Å². The highest BCUT2D eigenvalue weighted by molar-refractivity contribution is 5.38. The van der Waals surface area contributed by atoms with Crippen LogP contribution in [0.5, 0.6) is 0 Å². The van der Waals surface area contributed by atoms with Gasteiger partial charge < -0.3 is 0 Å². The van der Waals surface area contributed by atoms with E-state index in [0.29, 0.717) is 4.68 Å². The molecule has 0 aromatic carbocycles. The fourth-order valence-electron chi connectivity index (χ4n) is 1.12. The zero-order chi connectivity index (χ0) is 10.2. The van der Waals surface area contributed by atoms with E-state index in [1.807, 2.05) is 0 Å². The van der Waals surface area contributed by atoms with Gasteiger partial charge in [-0.15, -0.1) is 0 Å². The predicted octanol–water partition coefficient (Wildman–Crippen LogP) is 1.62. The van der Waals surface area contributed by atoms with Crippen molar-refractivity contribution in [2.24, 2.45) is 7.05 Å². The quantitative estimate of drug-likeness (QED) is 0.622. The fraction of sp³-hybridized carbons (Fsp3) is 0.429. The minimum absolute atomic E-state index is 0.0947. The molecule has 3 nitrogen and oxygen atoms in total. The molecule has 0 aliphatic carbocycles. The van der Waals surface area contributed by atoms with E-state index in [4.69, 9.17) is 5.26 Å². The van der Waals surface area contributed by atoms with E-state index < -0.39 is 17.4 Å². The van der Waals surface area contributed by atoms with E-state index >= 15 is 0 Å². The second-order valence-corrected chi connectivity index (χ2v) is 2.54. The molecule has 0 saturated heterocycles.